The number of hydrogen-bond acceptors (Lipinski definition) is 15. The number of aromatic nitrogens is 2. The average molecular weight is 1340 g/mol. The van der Waals surface area contributed by atoms with Crippen LogP contribution in [0.3, 0.4) is 0 Å². The Hall–Kier alpha value is -3.16. The minimum absolute atomic E-state index is 0.0554. The Balaban J connectivity index is 0.00000491. The molecule has 9 atom stereocenters. The van der Waals surface area contributed by atoms with Gasteiger partial charge in [0.2, 0.25) is 7.34 Å². The van der Waals surface area contributed by atoms with E-state index in [1.165, 1.54) is 29.0 Å². The molecule has 2 saturated carbocycles. The smallest absolute Gasteiger partial charge is 0.435 e. The highest BCUT2D eigenvalue weighted by Crippen LogP contribution is 2.62. The number of unbranched alkanes of at least 4 members (excludes halogenated alkanes) is 3. The monoisotopic (exact) mass is 1340 g/mol. The number of aromatic amines is 1. The molecule has 1 aromatic heterocycles. The van der Waals surface area contributed by atoms with Gasteiger partial charge in [-0.15, -0.1) is 0 Å². The quantitative estimate of drug-likeness (QED) is 0.0259. The first-order valence-corrected chi connectivity index (χ1v) is 34.2. The number of aryl methyl sites for hydroxylation is 2. The molecule has 2 aromatic rings. The molecular weight excluding hydrogens is 1240 g/mol. The highest BCUT2D eigenvalue weighted by Gasteiger charge is 2.85. The predicted octanol–water partition coefficient (Wildman–Crippen LogP) is 13.4. The van der Waals surface area contributed by atoms with Crippen molar-refractivity contribution < 1.29 is 78.8 Å². The van der Waals surface area contributed by atoms with Gasteiger partial charge in [0.25, 0.3) is 14.1 Å². The van der Waals surface area contributed by atoms with Gasteiger partial charge in [-0.05, 0) is 179 Å². The van der Waals surface area contributed by atoms with E-state index in [1.807, 2.05) is 55.3 Å². The molecule has 1 aliphatic heterocycles. The summed E-state index contributed by atoms with van der Waals surface area (Å²) < 4.78 is 172. The molecule has 28 heteroatoms. The lowest BCUT2D eigenvalue weighted by Gasteiger charge is -2.50. The molecule has 89 heavy (non-hydrogen) atoms. The summed E-state index contributed by atoms with van der Waals surface area (Å²) in [6, 6.07) is 8.55. The maximum atomic E-state index is 13.3. The van der Waals surface area contributed by atoms with Crippen LogP contribution >= 0.6 is 30.1 Å². The minimum Gasteiger partial charge on any atom is -0.492 e. The fourth-order valence-corrected chi connectivity index (χ4v) is 17.2. The van der Waals surface area contributed by atoms with Crippen molar-refractivity contribution in [3.63, 3.8) is 0 Å². The second-order valence-corrected chi connectivity index (χ2v) is 29.4. The molecule has 0 radical (unpaired) electrons. The molecule has 6 rings (SSSR count). The van der Waals surface area contributed by atoms with Crippen molar-refractivity contribution >= 4 is 36.0 Å². The molecule has 3 unspecified atom stereocenters. The van der Waals surface area contributed by atoms with E-state index >= 15 is 0 Å². The number of H-pyrrole nitrogens is 1. The molecule has 3 N–H and O–H groups in total. The Morgan fingerprint density at radius 3 is 2.35 bits per heavy atom. The number of amides is 1. The lowest BCUT2D eigenvalue weighted by molar-refractivity contribution is -0.457. The highest BCUT2D eigenvalue weighted by atomic mass is 33.1. The predicted molar refractivity (Wildman–Crippen MR) is 328 cm³/mol. The number of fused-ring (bicyclic) bond motifs is 5. The summed E-state index contributed by atoms with van der Waals surface area (Å²) in [6.07, 6.45) is -11.4. The van der Waals surface area contributed by atoms with Gasteiger partial charge < -0.3 is 43.3 Å². The lowest BCUT2D eigenvalue weighted by Crippen LogP contribution is -2.67. The highest BCUT2D eigenvalue weighted by molar-refractivity contribution is 8.77. The van der Waals surface area contributed by atoms with Crippen molar-refractivity contribution in [1.29, 1.82) is 6.69 Å². The van der Waals surface area contributed by atoms with Gasteiger partial charge in [-0.1, -0.05) is 47.4 Å². The third-order valence-electron chi connectivity index (χ3n) is 17.4. The number of benzene rings is 1. The van der Waals surface area contributed by atoms with Crippen LogP contribution in [0.25, 0.3) is 0 Å². The minimum atomic E-state index is -6.76. The van der Waals surface area contributed by atoms with E-state index in [0.717, 1.165) is 88.8 Å². The fraction of sp³-hybridized carbons (Fsp3) is 0.803. The van der Waals surface area contributed by atoms with Crippen molar-refractivity contribution in [2.24, 2.45) is 17.3 Å². The Kier molecular flexibility index (Phi) is 28.2. The zero-order valence-corrected chi connectivity index (χ0v) is 55.2. The number of ether oxygens (including phenoxy) is 4. The first-order chi connectivity index (χ1) is 42.8. The van der Waals surface area contributed by atoms with E-state index in [1.54, 1.807) is 0 Å². The number of alkyl halides is 9. The fourth-order valence-electron chi connectivity index (χ4n) is 12.8. The summed E-state index contributed by atoms with van der Waals surface area (Å²) in [5, 5.41) is 15.5. The van der Waals surface area contributed by atoms with Gasteiger partial charge in [0, 0.05) is 75.4 Å². The summed E-state index contributed by atoms with van der Waals surface area (Å²) >= 11 is 0. The van der Waals surface area contributed by atoms with Crippen molar-refractivity contribution in [2.45, 2.75) is 230 Å². The van der Waals surface area contributed by atoms with Gasteiger partial charge in [-0.25, -0.2) is 9.46 Å². The van der Waals surface area contributed by atoms with Crippen LogP contribution in [0, 0.1) is 28.6 Å². The van der Waals surface area contributed by atoms with Gasteiger partial charge in [-0.3, -0.25) is 19.1 Å². The first kappa shape index (κ1) is 73.3. The zero-order chi connectivity index (χ0) is 67.5. The number of carbonyl (C=O) groups is 1. The number of rotatable bonds is 34. The Morgan fingerprint density at radius 1 is 0.989 bits per heavy atom. The van der Waals surface area contributed by atoms with E-state index in [0.29, 0.717) is 31.4 Å². The third kappa shape index (κ3) is 20.4. The van der Waals surface area contributed by atoms with Crippen LogP contribution in [0.2, 0.25) is 0 Å². The molecule has 508 valence electrons. The van der Waals surface area contributed by atoms with Crippen LogP contribution < -0.4 is 21.3 Å². The Labute approximate surface area is 530 Å². The van der Waals surface area contributed by atoms with Crippen LogP contribution in [0.4, 0.5) is 39.5 Å². The topological polar surface area (TPSA) is 190 Å². The number of carbonyl (C=O) groups excluding carboxylic acids is 1. The largest absolute Gasteiger partial charge is 0.492 e. The van der Waals surface area contributed by atoms with Crippen LogP contribution in [-0.2, 0) is 40.9 Å². The van der Waals surface area contributed by atoms with Crippen molar-refractivity contribution in [2.75, 3.05) is 66.0 Å². The second-order valence-electron chi connectivity index (χ2n) is 24.8. The van der Waals surface area contributed by atoms with Gasteiger partial charge in [0.15, 0.2) is 0 Å². The number of nitriles is 1. The standard InChI is InChI=1S/C60H90F9N6O9PS2.CH4O/c1-39(2)75(40(3)4)85(82-33-14-27-70)84-49-37-52(83-41(49)5)74-38-43(53(77)72-54(74)78)17-23-51(76)71-28-12-10-11-13-35-86-87-55(6,7)26-29-73(9)30-34-79-44-18-20-45-42(36-44)16-19-47-46(45)24-25-56(8)48(47)21-22-50(56)80-31-15-32-81-57(58(61,62)63,59(64,65)66)60(67,68)69;1-2/h18,20,36,38-41,46-50,52H,10-17,19,21-26,28-35,37H2,1-9H3,(H,71,76)(H,72,77,78);2H,1H3/t41-,46?,47?,48+,49+,50+,52-,56+,85?;/m1./s1/i5D;2T. The van der Waals surface area contributed by atoms with Crippen molar-refractivity contribution in [3.8, 4) is 11.8 Å². The number of hydrogen-bond donors (Lipinski definition) is 3. The summed E-state index contributed by atoms with van der Waals surface area (Å²) in [5.74, 6) is 2.58. The van der Waals surface area contributed by atoms with Crippen molar-refractivity contribution in [1.82, 2.24) is 24.4 Å². The molecule has 2 heterocycles. The maximum absolute atomic E-state index is 13.3. The van der Waals surface area contributed by atoms with E-state index < -0.39 is 75.4 Å². The zero-order valence-electron chi connectivity index (χ0n) is 54.7. The van der Waals surface area contributed by atoms with Gasteiger partial charge in [0.05, 0.1) is 44.0 Å². The van der Waals surface area contributed by atoms with Gasteiger partial charge >= 0.3 is 29.8 Å². The summed E-state index contributed by atoms with van der Waals surface area (Å²) in [4.78, 5) is 43.3. The second kappa shape index (κ2) is 34.3. The normalized spacial score (nSPS) is 23.8. The Morgan fingerprint density at radius 2 is 1.69 bits per heavy atom. The van der Waals surface area contributed by atoms with E-state index in [-0.39, 0.29) is 91.5 Å². The summed E-state index contributed by atoms with van der Waals surface area (Å²) in [7, 11) is 5.54. The molecule has 1 amide bonds. The molecule has 3 aliphatic carbocycles. The molecule has 16 nitrogen and oxygen atoms in total. The van der Waals surface area contributed by atoms with Crippen LogP contribution in [0.5, 0.6) is 5.75 Å². The lowest BCUT2D eigenvalue weighted by atomic mass is 9.55. The SMILES string of the molecule is [2H]C[C@H]1O[C@@H](n2cc(CCC(=O)NCCCCCCSSC(C)(C)CCN(C)CCOc3ccc4c(c3)CCC3C4CC[C@]4(C)[C@@H](OCCCOC(C(F)(F)F)(C(F)(F)F)C(F)(F)F)CC[C@@H]34)c(=O)[nH]c2=O)C[C@@H]1OP(OCCC#N)N(C(C)C)C(C)C.[3H]OC. The first-order valence-electron chi connectivity index (χ1n) is 31.9. The Bertz CT molecular complexity index is 2690. The molecule has 0 bridgehead atoms. The van der Waals surface area contributed by atoms with Gasteiger partial charge in [0.1, 0.15) is 18.6 Å². The van der Waals surface area contributed by atoms with Gasteiger partial charge in [-0.2, -0.15) is 44.8 Å². The van der Waals surface area contributed by atoms with Crippen LogP contribution in [0.1, 0.15) is 175 Å². The van der Waals surface area contributed by atoms with Crippen LogP contribution in [0.15, 0.2) is 34.0 Å². The number of nitrogens with one attached hydrogen (secondary N) is 2. The number of halogens is 9. The number of aliphatic hydroxyl groups excluding tert-OH is 1. The molecule has 0 spiro atoms. The van der Waals surface area contributed by atoms with Crippen LogP contribution in [-0.4, -0.2) is 157 Å². The number of nitrogens with zero attached hydrogens (tertiary/aromatic N) is 4. The van der Waals surface area contributed by atoms with E-state index in [9.17, 15) is 53.9 Å². The molecular formula is C61H94F9N6O10PS2. The molecule has 4 aliphatic rings. The van der Waals surface area contributed by atoms with E-state index in [2.05, 4.69) is 75.7 Å². The average Bonchev–Trinajstić information content (AvgIpc) is 1.51. The molecule has 1 saturated heterocycles. The summed E-state index contributed by atoms with van der Waals surface area (Å²) in [6.45, 7) is 15.7. The summed E-state index contributed by atoms with van der Waals surface area (Å²) in [5.41, 5.74) is -4.99. The third-order valence-corrected chi connectivity index (χ3v) is 23.0. The maximum Gasteiger partial charge on any atom is 0.435 e. The number of aliphatic hydroxyl groups is 1. The number of likely N-dealkylation sites (N-methyl/N-ethyl adjacent to an activating group) is 1. The van der Waals surface area contributed by atoms with Crippen molar-refractivity contribution in [3.05, 3.63) is 61.9 Å². The van der Waals surface area contributed by atoms with E-state index in [4.69, 9.17) is 31.3 Å². The molecule has 1 aromatic carbocycles. The molecule has 3 fully saturated rings.